The van der Waals surface area contributed by atoms with Gasteiger partial charge in [-0.05, 0) is 49.6 Å². The van der Waals surface area contributed by atoms with E-state index in [2.05, 4.69) is 5.10 Å². The summed E-state index contributed by atoms with van der Waals surface area (Å²) in [5.41, 5.74) is 3.92. The van der Waals surface area contributed by atoms with Crippen molar-refractivity contribution >= 4 is 5.91 Å². The SMILES string of the molecule is CCOc1ccc(CC(=O)N2CCC(c3c(CO)cnn3-c3ccccc3)CC2)cc1. The lowest BCUT2D eigenvalue weighted by Gasteiger charge is -2.33. The Balaban J connectivity index is 1.41. The number of rotatable bonds is 7. The van der Waals surface area contributed by atoms with Crippen LogP contribution in [0.2, 0.25) is 0 Å². The largest absolute Gasteiger partial charge is 0.494 e. The molecule has 1 N–H and O–H groups in total. The van der Waals surface area contributed by atoms with E-state index in [4.69, 9.17) is 4.74 Å². The van der Waals surface area contributed by atoms with Crippen LogP contribution >= 0.6 is 0 Å². The van der Waals surface area contributed by atoms with E-state index in [1.54, 1.807) is 6.20 Å². The van der Waals surface area contributed by atoms with Gasteiger partial charge in [-0.15, -0.1) is 0 Å². The number of aliphatic hydroxyl groups is 1. The van der Waals surface area contributed by atoms with E-state index in [1.807, 2.05) is 71.1 Å². The molecule has 6 nitrogen and oxygen atoms in total. The van der Waals surface area contributed by atoms with Crippen LogP contribution in [0.3, 0.4) is 0 Å². The Kier molecular flexibility index (Phi) is 6.67. The number of nitrogens with zero attached hydrogens (tertiary/aromatic N) is 3. The van der Waals surface area contributed by atoms with Gasteiger partial charge in [0.1, 0.15) is 5.75 Å². The molecule has 1 fully saturated rings. The summed E-state index contributed by atoms with van der Waals surface area (Å²) in [7, 11) is 0. The van der Waals surface area contributed by atoms with Gasteiger partial charge in [0.05, 0.1) is 37.2 Å². The minimum absolute atomic E-state index is 0.0287. The van der Waals surface area contributed by atoms with E-state index in [0.29, 0.717) is 26.1 Å². The molecule has 2 aromatic carbocycles. The Morgan fingerprint density at radius 3 is 2.45 bits per heavy atom. The Morgan fingerprint density at radius 1 is 1.10 bits per heavy atom. The molecule has 0 radical (unpaired) electrons. The molecule has 0 saturated carbocycles. The molecular formula is C25H29N3O3. The quantitative estimate of drug-likeness (QED) is 0.634. The van der Waals surface area contributed by atoms with Gasteiger partial charge in [0.15, 0.2) is 0 Å². The van der Waals surface area contributed by atoms with Crippen LogP contribution in [-0.4, -0.2) is 45.4 Å². The molecule has 0 aliphatic carbocycles. The average molecular weight is 420 g/mol. The van der Waals surface area contributed by atoms with Crippen molar-refractivity contribution in [3.05, 3.63) is 77.6 Å². The molecule has 162 valence electrons. The maximum absolute atomic E-state index is 12.8. The Bertz CT molecular complexity index is 991. The second-order valence-corrected chi connectivity index (χ2v) is 7.87. The van der Waals surface area contributed by atoms with Gasteiger partial charge in [-0.3, -0.25) is 4.79 Å². The highest BCUT2D eigenvalue weighted by Gasteiger charge is 2.28. The van der Waals surface area contributed by atoms with Crippen molar-refractivity contribution in [1.29, 1.82) is 0 Å². The molecular weight excluding hydrogens is 390 g/mol. The van der Waals surface area contributed by atoms with Crippen LogP contribution < -0.4 is 4.74 Å². The smallest absolute Gasteiger partial charge is 0.226 e. The lowest BCUT2D eigenvalue weighted by atomic mass is 9.90. The lowest BCUT2D eigenvalue weighted by Crippen LogP contribution is -2.39. The molecule has 2 heterocycles. The number of piperidine rings is 1. The minimum Gasteiger partial charge on any atom is -0.494 e. The molecule has 1 saturated heterocycles. The average Bonchev–Trinajstić information content (AvgIpc) is 3.25. The molecule has 1 aliphatic rings. The molecule has 0 bridgehead atoms. The third-order valence-electron chi connectivity index (χ3n) is 5.88. The number of hydrogen-bond acceptors (Lipinski definition) is 4. The Hall–Kier alpha value is -3.12. The van der Waals surface area contributed by atoms with Crippen molar-refractivity contribution in [3.8, 4) is 11.4 Å². The minimum atomic E-state index is -0.0287. The highest BCUT2D eigenvalue weighted by atomic mass is 16.5. The van der Waals surface area contributed by atoms with Crippen molar-refractivity contribution in [2.45, 2.75) is 38.7 Å². The van der Waals surface area contributed by atoms with Crippen LogP contribution in [0.15, 0.2) is 60.8 Å². The Morgan fingerprint density at radius 2 is 1.81 bits per heavy atom. The van der Waals surface area contributed by atoms with Gasteiger partial charge in [0.2, 0.25) is 5.91 Å². The number of aromatic nitrogens is 2. The van der Waals surface area contributed by atoms with Crippen molar-refractivity contribution in [3.63, 3.8) is 0 Å². The van der Waals surface area contributed by atoms with Crippen molar-refractivity contribution in [2.24, 2.45) is 0 Å². The van der Waals surface area contributed by atoms with Gasteiger partial charge in [-0.2, -0.15) is 5.10 Å². The van der Waals surface area contributed by atoms with Crippen molar-refractivity contribution in [1.82, 2.24) is 14.7 Å². The third kappa shape index (κ3) is 4.80. The van der Waals surface area contributed by atoms with E-state index >= 15 is 0 Å². The highest BCUT2D eigenvalue weighted by Crippen LogP contribution is 2.32. The van der Waals surface area contributed by atoms with E-state index in [1.165, 1.54) is 0 Å². The number of amides is 1. The van der Waals surface area contributed by atoms with E-state index in [9.17, 15) is 9.90 Å². The standard InChI is InChI=1S/C25H29N3O3/c1-2-31-23-10-8-19(9-11-23)16-24(30)27-14-12-20(13-15-27)25-21(18-29)17-26-28(25)22-6-4-3-5-7-22/h3-11,17,20,29H,2,12-16,18H2,1H3. The first-order chi connectivity index (χ1) is 15.2. The number of carbonyl (C=O) groups is 1. The van der Waals surface area contributed by atoms with Gasteiger partial charge in [0.25, 0.3) is 0 Å². The fourth-order valence-corrected chi connectivity index (χ4v) is 4.28. The fraction of sp³-hybridized carbons (Fsp3) is 0.360. The zero-order chi connectivity index (χ0) is 21.6. The summed E-state index contributed by atoms with van der Waals surface area (Å²) in [5.74, 6) is 1.25. The van der Waals surface area contributed by atoms with Crippen LogP contribution in [0, 0.1) is 0 Å². The first-order valence-electron chi connectivity index (χ1n) is 10.9. The fourth-order valence-electron chi connectivity index (χ4n) is 4.28. The second-order valence-electron chi connectivity index (χ2n) is 7.87. The summed E-state index contributed by atoms with van der Waals surface area (Å²) in [5, 5.41) is 14.4. The van der Waals surface area contributed by atoms with Crippen LogP contribution in [-0.2, 0) is 17.8 Å². The van der Waals surface area contributed by atoms with Crippen molar-refractivity contribution < 1.29 is 14.6 Å². The van der Waals surface area contributed by atoms with E-state index in [0.717, 1.165) is 41.1 Å². The maximum Gasteiger partial charge on any atom is 0.226 e. The molecule has 1 amide bonds. The summed E-state index contributed by atoms with van der Waals surface area (Å²) < 4.78 is 7.41. The summed E-state index contributed by atoms with van der Waals surface area (Å²) in [6.45, 7) is 3.99. The zero-order valence-electron chi connectivity index (χ0n) is 17.9. The predicted octanol–water partition coefficient (Wildman–Crippen LogP) is 3.71. The molecule has 1 aromatic heterocycles. The number of carbonyl (C=O) groups excluding carboxylic acids is 1. The first-order valence-corrected chi connectivity index (χ1v) is 10.9. The number of hydrogen-bond donors (Lipinski definition) is 1. The molecule has 4 rings (SSSR count). The lowest BCUT2D eigenvalue weighted by molar-refractivity contribution is -0.131. The molecule has 6 heteroatoms. The first kappa shape index (κ1) is 21.1. The molecule has 31 heavy (non-hydrogen) atoms. The summed E-state index contributed by atoms with van der Waals surface area (Å²) in [4.78, 5) is 14.8. The van der Waals surface area contributed by atoms with Gasteiger partial charge in [-0.25, -0.2) is 4.68 Å². The normalized spacial score (nSPS) is 14.6. The summed E-state index contributed by atoms with van der Waals surface area (Å²) in [6, 6.07) is 17.7. The van der Waals surface area contributed by atoms with Gasteiger partial charge in [-0.1, -0.05) is 30.3 Å². The number of ether oxygens (including phenoxy) is 1. The summed E-state index contributed by atoms with van der Waals surface area (Å²) >= 11 is 0. The third-order valence-corrected chi connectivity index (χ3v) is 5.88. The number of para-hydroxylation sites is 1. The molecule has 0 unspecified atom stereocenters. The molecule has 1 aliphatic heterocycles. The van der Waals surface area contributed by atoms with Crippen LogP contribution in [0.25, 0.3) is 5.69 Å². The number of likely N-dealkylation sites (tertiary alicyclic amines) is 1. The highest BCUT2D eigenvalue weighted by molar-refractivity contribution is 5.79. The van der Waals surface area contributed by atoms with Crippen LogP contribution in [0.5, 0.6) is 5.75 Å². The molecule has 0 spiro atoms. The van der Waals surface area contributed by atoms with Crippen molar-refractivity contribution in [2.75, 3.05) is 19.7 Å². The van der Waals surface area contributed by atoms with Gasteiger partial charge >= 0.3 is 0 Å². The number of benzene rings is 2. The monoisotopic (exact) mass is 419 g/mol. The summed E-state index contributed by atoms with van der Waals surface area (Å²) in [6.07, 6.45) is 3.88. The Labute approximate surface area is 183 Å². The topological polar surface area (TPSA) is 67.6 Å². The zero-order valence-corrected chi connectivity index (χ0v) is 17.9. The molecule has 3 aromatic rings. The van der Waals surface area contributed by atoms with Gasteiger partial charge in [0, 0.05) is 24.6 Å². The van der Waals surface area contributed by atoms with Gasteiger partial charge < -0.3 is 14.7 Å². The predicted molar refractivity (Wildman–Crippen MR) is 119 cm³/mol. The number of aliphatic hydroxyl groups excluding tert-OH is 1. The van der Waals surface area contributed by atoms with E-state index in [-0.39, 0.29) is 18.4 Å². The van der Waals surface area contributed by atoms with Crippen LogP contribution in [0.4, 0.5) is 0 Å². The van der Waals surface area contributed by atoms with Crippen LogP contribution in [0.1, 0.15) is 42.5 Å². The molecule has 0 atom stereocenters. The maximum atomic E-state index is 12.8. The second kappa shape index (κ2) is 9.79. The van der Waals surface area contributed by atoms with E-state index < -0.39 is 0 Å².